The van der Waals surface area contributed by atoms with E-state index in [-0.39, 0.29) is 17.7 Å². The molecule has 1 amide bonds. The second-order valence-corrected chi connectivity index (χ2v) is 6.24. The van der Waals surface area contributed by atoms with Crippen LogP contribution in [0.4, 0.5) is 5.69 Å². The zero-order valence-electron chi connectivity index (χ0n) is 10.6. The fourth-order valence-corrected chi connectivity index (χ4v) is 3.09. The molecule has 0 heterocycles. The van der Waals surface area contributed by atoms with Crippen molar-refractivity contribution in [3.63, 3.8) is 0 Å². The highest BCUT2D eigenvalue weighted by molar-refractivity contribution is 14.1. The highest BCUT2D eigenvalue weighted by Gasteiger charge is 2.33. The number of aliphatic carboxylic acids is 1. The zero-order chi connectivity index (χ0) is 14.0. The second kappa shape index (κ2) is 5.90. The van der Waals surface area contributed by atoms with E-state index in [0.29, 0.717) is 19.3 Å². The number of hydrogen-bond acceptors (Lipinski definition) is 2. The molecule has 0 aromatic heterocycles. The molecule has 1 saturated carbocycles. The number of carboxylic acid groups (broad SMARTS) is 1. The van der Waals surface area contributed by atoms with Crippen LogP contribution in [0.25, 0.3) is 0 Å². The number of aryl methyl sites for hydroxylation is 1. The van der Waals surface area contributed by atoms with E-state index < -0.39 is 5.97 Å². The Morgan fingerprint density at radius 1 is 1.32 bits per heavy atom. The van der Waals surface area contributed by atoms with Crippen LogP contribution in [0, 0.1) is 22.3 Å². The van der Waals surface area contributed by atoms with Crippen molar-refractivity contribution in [2.45, 2.75) is 26.2 Å². The van der Waals surface area contributed by atoms with Crippen LogP contribution < -0.4 is 5.32 Å². The Balaban J connectivity index is 2.00. The number of carbonyl (C=O) groups is 2. The van der Waals surface area contributed by atoms with Gasteiger partial charge in [-0.25, -0.2) is 0 Å². The lowest BCUT2D eigenvalue weighted by Crippen LogP contribution is -2.22. The van der Waals surface area contributed by atoms with Gasteiger partial charge in [0, 0.05) is 15.2 Å². The maximum Gasteiger partial charge on any atom is 0.306 e. The summed E-state index contributed by atoms with van der Waals surface area (Å²) in [5.41, 5.74) is 1.83. The summed E-state index contributed by atoms with van der Waals surface area (Å²) in [6, 6.07) is 5.83. The number of hydrogen-bond donors (Lipinski definition) is 2. The van der Waals surface area contributed by atoms with E-state index in [1.807, 2.05) is 25.1 Å². The molecular formula is C14H16INO3. The van der Waals surface area contributed by atoms with Gasteiger partial charge >= 0.3 is 5.97 Å². The standard InChI is InChI=1S/C14H16INO3/c1-8-6-11(15)4-5-12(8)16-13(17)9-2-3-10(7-9)14(18)19/h4-6,9-10H,2-3,7H2,1H3,(H,16,17)(H,18,19)/t9-,10+/m1/s1. The van der Waals surface area contributed by atoms with Crippen LogP contribution in [-0.2, 0) is 9.59 Å². The Kier molecular flexibility index (Phi) is 4.44. The van der Waals surface area contributed by atoms with Gasteiger partial charge in [-0.3, -0.25) is 9.59 Å². The summed E-state index contributed by atoms with van der Waals surface area (Å²) in [4.78, 5) is 23.0. The van der Waals surface area contributed by atoms with Crippen molar-refractivity contribution in [2.75, 3.05) is 5.32 Å². The summed E-state index contributed by atoms with van der Waals surface area (Å²) in [6.45, 7) is 1.95. The molecule has 1 fully saturated rings. The van der Waals surface area contributed by atoms with Crippen LogP contribution in [0.1, 0.15) is 24.8 Å². The first kappa shape index (κ1) is 14.3. The normalized spacial score (nSPS) is 22.2. The molecule has 5 heteroatoms. The van der Waals surface area contributed by atoms with Gasteiger partial charge in [0.1, 0.15) is 0 Å². The molecule has 2 N–H and O–H groups in total. The maximum absolute atomic E-state index is 12.1. The van der Waals surface area contributed by atoms with E-state index in [9.17, 15) is 9.59 Å². The van der Waals surface area contributed by atoms with Gasteiger partial charge in [0.25, 0.3) is 0 Å². The third-order valence-corrected chi connectivity index (χ3v) is 4.27. The Morgan fingerprint density at radius 3 is 2.58 bits per heavy atom. The topological polar surface area (TPSA) is 66.4 Å². The van der Waals surface area contributed by atoms with Crippen molar-refractivity contribution in [3.05, 3.63) is 27.3 Å². The minimum absolute atomic E-state index is 0.0620. The summed E-state index contributed by atoms with van der Waals surface area (Å²) in [5, 5.41) is 11.8. The molecule has 0 saturated heterocycles. The fraction of sp³-hybridized carbons (Fsp3) is 0.429. The summed E-state index contributed by atoms with van der Waals surface area (Å²) in [7, 11) is 0. The van der Waals surface area contributed by atoms with Crippen molar-refractivity contribution in [1.29, 1.82) is 0 Å². The molecule has 0 unspecified atom stereocenters. The van der Waals surface area contributed by atoms with Gasteiger partial charge in [0.05, 0.1) is 5.92 Å². The third-order valence-electron chi connectivity index (χ3n) is 3.60. The second-order valence-electron chi connectivity index (χ2n) is 4.99. The van der Waals surface area contributed by atoms with Gasteiger partial charge in [-0.05, 0) is 72.5 Å². The molecule has 19 heavy (non-hydrogen) atoms. The van der Waals surface area contributed by atoms with Crippen LogP contribution >= 0.6 is 22.6 Å². The molecule has 0 radical (unpaired) electrons. The van der Waals surface area contributed by atoms with Crippen molar-refractivity contribution < 1.29 is 14.7 Å². The van der Waals surface area contributed by atoms with Gasteiger partial charge < -0.3 is 10.4 Å². The van der Waals surface area contributed by atoms with Crippen LogP contribution in [-0.4, -0.2) is 17.0 Å². The lowest BCUT2D eigenvalue weighted by atomic mass is 10.0. The molecule has 2 atom stereocenters. The first-order valence-electron chi connectivity index (χ1n) is 6.27. The van der Waals surface area contributed by atoms with Gasteiger partial charge in [-0.2, -0.15) is 0 Å². The molecule has 1 aliphatic rings. The Morgan fingerprint density at radius 2 is 2.00 bits per heavy atom. The predicted octanol–water partition coefficient (Wildman–Crippen LogP) is 3.04. The molecule has 0 aliphatic heterocycles. The Labute approximate surface area is 125 Å². The maximum atomic E-state index is 12.1. The number of rotatable bonds is 3. The fourth-order valence-electron chi connectivity index (χ4n) is 2.45. The van der Waals surface area contributed by atoms with Crippen molar-refractivity contribution in [1.82, 2.24) is 0 Å². The van der Waals surface area contributed by atoms with Gasteiger partial charge in [0.2, 0.25) is 5.91 Å². The molecule has 2 rings (SSSR count). The molecule has 4 nitrogen and oxygen atoms in total. The monoisotopic (exact) mass is 373 g/mol. The molecular weight excluding hydrogens is 357 g/mol. The average Bonchev–Trinajstić information content (AvgIpc) is 2.82. The summed E-state index contributed by atoms with van der Waals surface area (Å²) < 4.78 is 1.12. The minimum Gasteiger partial charge on any atom is -0.481 e. The number of carboxylic acids is 1. The lowest BCUT2D eigenvalue weighted by Gasteiger charge is -2.13. The lowest BCUT2D eigenvalue weighted by molar-refractivity contribution is -0.141. The van der Waals surface area contributed by atoms with Gasteiger partial charge in [0.15, 0.2) is 0 Å². The van der Waals surface area contributed by atoms with Crippen molar-refractivity contribution in [2.24, 2.45) is 11.8 Å². The highest BCUT2D eigenvalue weighted by atomic mass is 127. The molecule has 1 aromatic carbocycles. The van der Waals surface area contributed by atoms with Crippen LogP contribution in [0.5, 0.6) is 0 Å². The van der Waals surface area contributed by atoms with E-state index in [0.717, 1.165) is 14.8 Å². The largest absolute Gasteiger partial charge is 0.481 e. The Bertz CT molecular complexity index is 515. The van der Waals surface area contributed by atoms with Crippen LogP contribution in [0.2, 0.25) is 0 Å². The van der Waals surface area contributed by atoms with Gasteiger partial charge in [-0.1, -0.05) is 0 Å². The number of carbonyl (C=O) groups excluding carboxylic acids is 1. The molecule has 1 aliphatic carbocycles. The number of amides is 1. The number of anilines is 1. The quantitative estimate of drug-likeness (QED) is 0.801. The van der Waals surface area contributed by atoms with Crippen molar-refractivity contribution >= 4 is 40.2 Å². The summed E-state index contributed by atoms with van der Waals surface area (Å²) in [6.07, 6.45) is 1.70. The number of nitrogens with one attached hydrogen (secondary N) is 1. The highest BCUT2D eigenvalue weighted by Crippen LogP contribution is 2.32. The van der Waals surface area contributed by atoms with Crippen LogP contribution in [0.15, 0.2) is 18.2 Å². The van der Waals surface area contributed by atoms with E-state index >= 15 is 0 Å². The number of benzene rings is 1. The van der Waals surface area contributed by atoms with E-state index in [4.69, 9.17) is 5.11 Å². The van der Waals surface area contributed by atoms with Crippen molar-refractivity contribution in [3.8, 4) is 0 Å². The average molecular weight is 373 g/mol. The van der Waals surface area contributed by atoms with Crippen LogP contribution in [0.3, 0.4) is 0 Å². The first-order chi connectivity index (χ1) is 8.97. The smallest absolute Gasteiger partial charge is 0.306 e. The molecule has 0 bridgehead atoms. The van der Waals surface area contributed by atoms with E-state index in [1.165, 1.54) is 0 Å². The minimum atomic E-state index is -0.791. The SMILES string of the molecule is Cc1cc(I)ccc1NC(=O)[C@@H]1CC[C@H](C(=O)O)C1. The van der Waals surface area contributed by atoms with E-state index in [1.54, 1.807) is 0 Å². The third kappa shape index (κ3) is 3.46. The molecule has 0 spiro atoms. The number of halogens is 1. The van der Waals surface area contributed by atoms with E-state index in [2.05, 4.69) is 27.9 Å². The molecule has 102 valence electrons. The Hall–Kier alpha value is -1.11. The zero-order valence-corrected chi connectivity index (χ0v) is 12.8. The first-order valence-corrected chi connectivity index (χ1v) is 7.35. The predicted molar refractivity (Wildman–Crippen MR) is 81.0 cm³/mol. The summed E-state index contributed by atoms with van der Waals surface area (Å²) >= 11 is 2.23. The van der Waals surface area contributed by atoms with Gasteiger partial charge in [-0.15, -0.1) is 0 Å². The summed E-state index contributed by atoms with van der Waals surface area (Å²) in [5.74, 6) is -1.40. The molecule has 1 aromatic rings.